The third kappa shape index (κ3) is 7.31. The topological polar surface area (TPSA) is 160 Å². The lowest BCUT2D eigenvalue weighted by atomic mass is 10.1. The number of nitrogens with one attached hydrogen (secondary N) is 3. The molecule has 0 radical (unpaired) electrons. The number of aliphatic hydroxyl groups excluding tert-OH is 1. The third-order valence-electron chi connectivity index (χ3n) is 6.04. The van der Waals surface area contributed by atoms with Crippen molar-refractivity contribution >= 4 is 54.6 Å². The third-order valence-corrected chi connectivity index (χ3v) is 9.14. The van der Waals surface area contributed by atoms with Gasteiger partial charge in [-0.25, -0.2) is 13.2 Å². The zero-order valence-corrected chi connectivity index (χ0v) is 22.4. The van der Waals surface area contributed by atoms with Crippen molar-refractivity contribution in [3.05, 3.63) is 35.9 Å². The first-order valence-electron chi connectivity index (χ1n) is 12.1. The molecule has 1 saturated heterocycles. The Morgan fingerprint density at radius 1 is 1.19 bits per heavy atom. The number of piperidine rings is 1. The lowest BCUT2D eigenvalue weighted by Crippen LogP contribution is -2.36. The fraction of sp³-hybridized carbons (Fsp3) is 0.478. The molecular weight excluding hydrogens is 518 g/mol. The number of aromatic nitrogens is 2. The summed E-state index contributed by atoms with van der Waals surface area (Å²) >= 11 is 0. The molecule has 2 unspecified atom stereocenters. The van der Waals surface area contributed by atoms with Gasteiger partial charge in [-0.3, -0.25) is 10.1 Å². The first-order chi connectivity index (χ1) is 17.6. The number of rotatable bonds is 9. The van der Waals surface area contributed by atoms with Crippen molar-refractivity contribution in [2.45, 2.75) is 39.3 Å². The number of anilines is 4. The number of carbonyl (C=O) groups is 1. The summed E-state index contributed by atoms with van der Waals surface area (Å²) in [6.07, 6.45) is 0.965. The van der Waals surface area contributed by atoms with E-state index in [-0.39, 0.29) is 23.7 Å². The van der Waals surface area contributed by atoms with E-state index in [9.17, 15) is 23.4 Å². The Morgan fingerprint density at radius 2 is 1.89 bits per heavy atom. The van der Waals surface area contributed by atoms with E-state index in [0.29, 0.717) is 56.3 Å². The van der Waals surface area contributed by atoms with E-state index < -0.39 is 26.0 Å². The zero-order valence-electron chi connectivity index (χ0n) is 20.8. The Hall–Kier alpha value is -2.94. The van der Waals surface area contributed by atoms with Gasteiger partial charge in [-0.1, -0.05) is 19.1 Å². The van der Waals surface area contributed by atoms with Gasteiger partial charge in [-0.05, 0) is 48.7 Å². The van der Waals surface area contributed by atoms with Crippen LogP contribution in [0, 0.1) is 5.92 Å². The Kier molecular flexibility index (Phi) is 8.52. The van der Waals surface area contributed by atoms with Crippen LogP contribution in [0.25, 0.3) is 0 Å². The molecule has 2 atom stereocenters. The van der Waals surface area contributed by atoms with Crippen molar-refractivity contribution in [1.29, 1.82) is 0 Å². The van der Waals surface area contributed by atoms with Crippen LogP contribution < -0.4 is 20.4 Å². The smallest absolute Gasteiger partial charge is 0.374 e. The second-order valence-electron chi connectivity index (χ2n) is 9.08. The number of nitrogens with zero attached hydrogens (tertiary/aromatic N) is 4. The zero-order chi connectivity index (χ0) is 26.6. The summed E-state index contributed by atoms with van der Waals surface area (Å²) in [7, 11) is -4.44. The molecule has 0 bridgehead atoms. The molecule has 1 aromatic carbocycles. The van der Waals surface area contributed by atoms with Gasteiger partial charge in [0, 0.05) is 48.6 Å². The van der Waals surface area contributed by atoms with Gasteiger partial charge in [0.05, 0.1) is 11.9 Å². The van der Waals surface area contributed by atoms with E-state index in [1.54, 1.807) is 28.8 Å². The molecule has 2 aliphatic rings. The molecule has 1 aromatic heterocycles. The molecule has 14 heteroatoms. The minimum Gasteiger partial charge on any atom is -0.473 e. The van der Waals surface area contributed by atoms with Crippen LogP contribution in [0.2, 0.25) is 0 Å². The first-order valence-corrected chi connectivity index (χ1v) is 15.0. The van der Waals surface area contributed by atoms with E-state index in [0.717, 1.165) is 5.56 Å². The van der Waals surface area contributed by atoms with Crippen molar-refractivity contribution in [2.75, 3.05) is 45.8 Å². The molecule has 12 nitrogen and oxygen atoms in total. The van der Waals surface area contributed by atoms with Crippen molar-refractivity contribution in [1.82, 2.24) is 14.4 Å². The molecular formula is C23H33N7O5S2. The molecule has 202 valence electrons. The van der Waals surface area contributed by atoms with Gasteiger partial charge in [0.1, 0.15) is 11.6 Å². The van der Waals surface area contributed by atoms with Crippen molar-refractivity contribution < 1.29 is 23.4 Å². The van der Waals surface area contributed by atoms with Gasteiger partial charge < -0.3 is 20.4 Å². The Morgan fingerprint density at radius 3 is 2.54 bits per heavy atom. The summed E-state index contributed by atoms with van der Waals surface area (Å²) in [5, 5.41) is 23.7. The van der Waals surface area contributed by atoms with E-state index in [2.05, 4.69) is 30.3 Å². The molecule has 2 aliphatic heterocycles. The fourth-order valence-corrected chi connectivity index (χ4v) is 6.20. The van der Waals surface area contributed by atoms with Crippen LogP contribution in [0.15, 0.2) is 30.3 Å². The molecule has 2 aromatic rings. The standard InChI is InChI=1S/C23H33N7O5S2/c1-3-37(34,35)28-18-6-4-17(5-7-18)13-24-20-12-21(29-10-8-19(31)9-11-29)26-22(25-20)27-30-14-16(2)15-36(30)23(32)33/h4-7,12,15-16,19,28,31H,3,8-11,13-14H2,1-2H3,(H,32,33)(H2,24,25,26,27). The number of hydrogen-bond donors (Lipinski definition) is 5. The quantitative estimate of drug-likeness (QED) is 0.292. The minimum absolute atomic E-state index is 0.000775. The number of sulfonamides is 1. The Bertz CT molecular complexity index is 1250. The summed E-state index contributed by atoms with van der Waals surface area (Å²) in [4.78, 5) is 23.0. The minimum atomic E-state index is -3.34. The SMILES string of the molecule is CCS(=O)(=O)Nc1ccc(CNc2cc(N3CCC(O)CC3)nc(NN3CC(C)C=S3C(=O)O)n2)cc1. The molecule has 37 heavy (non-hydrogen) atoms. The highest BCUT2D eigenvalue weighted by Gasteiger charge is 2.27. The molecule has 0 saturated carbocycles. The van der Waals surface area contributed by atoms with E-state index in [1.807, 2.05) is 25.1 Å². The lowest BCUT2D eigenvalue weighted by molar-refractivity contribution is 0.145. The number of hydrogen-bond acceptors (Lipinski definition) is 10. The largest absolute Gasteiger partial charge is 0.473 e. The van der Waals surface area contributed by atoms with Gasteiger partial charge in [0.25, 0.3) is 0 Å². The summed E-state index contributed by atoms with van der Waals surface area (Å²) in [6.45, 7) is 5.81. The average Bonchev–Trinajstić information content (AvgIpc) is 3.24. The molecule has 0 spiro atoms. The van der Waals surface area contributed by atoms with Crippen molar-refractivity contribution in [3.8, 4) is 0 Å². The maximum absolute atomic E-state index is 11.8. The normalized spacial score (nSPS) is 20.9. The van der Waals surface area contributed by atoms with Crippen LogP contribution in [-0.2, 0) is 16.6 Å². The highest BCUT2D eigenvalue weighted by Crippen LogP contribution is 2.30. The second kappa shape index (κ2) is 11.6. The number of carboxylic acid groups (broad SMARTS) is 1. The number of benzene rings is 1. The Balaban J connectivity index is 1.51. The summed E-state index contributed by atoms with van der Waals surface area (Å²) in [5.41, 5.74) is 4.52. The predicted molar refractivity (Wildman–Crippen MR) is 148 cm³/mol. The van der Waals surface area contributed by atoms with Crippen LogP contribution in [0.5, 0.6) is 0 Å². The van der Waals surface area contributed by atoms with Crippen LogP contribution in [-0.4, -0.2) is 75.2 Å². The van der Waals surface area contributed by atoms with Gasteiger partial charge >= 0.3 is 5.30 Å². The second-order valence-corrected chi connectivity index (χ2v) is 12.8. The maximum atomic E-state index is 11.8. The van der Waals surface area contributed by atoms with E-state index in [1.165, 1.54) is 0 Å². The van der Waals surface area contributed by atoms with Crippen molar-refractivity contribution in [2.24, 2.45) is 5.92 Å². The van der Waals surface area contributed by atoms with E-state index >= 15 is 0 Å². The van der Waals surface area contributed by atoms with Crippen LogP contribution in [0.1, 0.15) is 32.3 Å². The highest BCUT2D eigenvalue weighted by atomic mass is 32.2. The Labute approximate surface area is 219 Å². The van der Waals surface area contributed by atoms with Crippen LogP contribution in [0.3, 0.4) is 0 Å². The fourth-order valence-electron chi connectivity index (χ4n) is 4.00. The van der Waals surface area contributed by atoms with Gasteiger partial charge in [-0.2, -0.15) is 14.4 Å². The monoisotopic (exact) mass is 551 g/mol. The molecule has 0 amide bonds. The maximum Gasteiger partial charge on any atom is 0.374 e. The number of hydrazine groups is 1. The van der Waals surface area contributed by atoms with Gasteiger partial charge in [-0.15, -0.1) is 0 Å². The lowest BCUT2D eigenvalue weighted by Gasteiger charge is -2.31. The summed E-state index contributed by atoms with van der Waals surface area (Å²) < 4.78 is 27.7. The molecule has 4 rings (SSSR count). The predicted octanol–water partition coefficient (Wildman–Crippen LogP) is 2.75. The molecule has 3 heterocycles. The molecule has 0 aliphatic carbocycles. The molecule has 1 fully saturated rings. The van der Waals surface area contributed by atoms with Crippen LogP contribution >= 0.6 is 10.7 Å². The number of aliphatic hydroxyl groups is 1. The first kappa shape index (κ1) is 27.1. The van der Waals surface area contributed by atoms with Gasteiger partial charge in [0.2, 0.25) is 16.0 Å². The van der Waals surface area contributed by atoms with Gasteiger partial charge in [0.15, 0.2) is 0 Å². The summed E-state index contributed by atoms with van der Waals surface area (Å²) in [5.74, 6) is 1.64. The van der Waals surface area contributed by atoms with Crippen molar-refractivity contribution in [3.63, 3.8) is 0 Å². The summed E-state index contributed by atoms with van der Waals surface area (Å²) in [6, 6.07) is 8.91. The molecule has 5 N–H and O–H groups in total. The highest BCUT2D eigenvalue weighted by molar-refractivity contribution is 8.25. The van der Waals surface area contributed by atoms with E-state index in [4.69, 9.17) is 0 Å². The van der Waals surface area contributed by atoms with Crippen LogP contribution in [0.4, 0.5) is 28.1 Å². The average molecular weight is 552 g/mol.